The van der Waals surface area contributed by atoms with Crippen molar-refractivity contribution in [3.63, 3.8) is 0 Å². The predicted octanol–water partition coefficient (Wildman–Crippen LogP) is 2.17. The average Bonchev–Trinajstić information content (AvgIpc) is 2.49. The van der Waals surface area contributed by atoms with Crippen LogP contribution in [0.1, 0.15) is 40.5 Å². The summed E-state index contributed by atoms with van der Waals surface area (Å²) < 4.78 is 9.78. The smallest absolute Gasteiger partial charge is 0.312 e. The van der Waals surface area contributed by atoms with Crippen LogP contribution in [0.3, 0.4) is 0 Å². The predicted molar refractivity (Wildman–Crippen MR) is 63.3 cm³/mol. The standard InChI is InChI=1S/C13H22O4/c1-11(2)12(3,9(14)16-5)7-8-13(11,4)10(15)17-6/h7-8H2,1-6H3/t12-,13-/m0/s1. The normalized spacial score (nSPS) is 35.4. The van der Waals surface area contributed by atoms with Crippen molar-refractivity contribution in [1.82, 2.24) is 0 Å². The van der Waals surface area contributed by atoms with Crippen LogP contribution >= 0.6 is 0 Å². The van der Waals surface area contributed by atoms with Gasteiger partial charge in [0.25, 0.3) is 0 Å². The van der Waals surface area contributed by atoms with Crippen LogP contribution in [0.15, 0.2) is 0 Å². The van der Waals surface area contributed by atoms with Crippen LogP contribution in [-0.4, -0.2) is 26.2 Å². The molecule has 0 radical (unpaired) electrons. The highest BCUT2D eigenvalue weighted by Crippen LogP contribution is 2.63. The molecule has 1 fully saturated rings. The summed E-state index contributed by atoms with van der Waals surface area (Å²) in [4.78, 5) is 24.0. The zero-order valence-electron chi connectivity index (χ0n) is 11.5. The highest BCUT2D eigenvalue weighted by Gasteiger charge is 2.65. The molecule has 1 aliphatic rings. The lowest BCUT2D eigenvalue weighted by Crippen LogP contribution is -2.48. The van der Waals surface area contributed by atoms with Crippen LogP contribution in [0.4, 0.5) is 0 Å². The third kappa shape index (κ3) is 1.57. The third-order valence-electron chi connectivity index (χ3n) is 5.16. The van der Waals surface area contributed by atoms with Crippen LogP contribution < -0.4 is 0 Å². The van der Waals surface area contributed by atoms with Crippen molar-refractivity contribution >= 4 is 11.9 Å². The molecule has 0 aromatic rings. The molecule has 2 atom stereocenters. The first-order valence-electron chi connectivity index (χ1n) is 5.84. The second kappa shape index (κ2) is 4.00. The molecule has 4 heteroatoms. The molecule has 0 aromatic heterocycles. The highest BCUT2D eigenvalue weighted by atomic mass is 16.5. The molecule has 1 saturated carbocycles. The molecule has 4 nitrogen and oxygen atoms in total. The first-order valence-corrected chi connectivity index (χ1v) is 5.84. The van der Waals surface area contributed by atoms with Gasteiger partial charge in [-0.3, -0.25) is 9.59 Å². The Morgan fingerprint density at radius 2 is 1.12 bits per heavy atom. The zero-order valence-corrected chi connectivity index (χ0v) is 11.5. The van der Waals surface area contributed by atoms with E-state index in [1.165, 1.54) is 14.2 Å². The summed E-state index contributed by atoms with van der Waals surface area (Å²) in [5, 5.41) is 0. The van der Waals surface area contributed by atoms with Crippen molar-refractivity contribution in [2.45, 2.75) is 40.5 Å². The number of carbonyl (C=O) groups excluding carboxylic acids is 2. The van der Waals surface area contributed by atoms with E-state index in [0.29, 0.717) is 12.8 Å². The first-order chi connectivity index (χ1) is 7.67. The SMILES string of the molecule is COC(=O)[C@]1(C)CC[C@@](C)(C(=O)OC)C1(C)C. The van der Waals surface area contributed by atoms with Crippen molar-refractivity contribution in [3.05, 3.63) is 0 Å². The maximum Gasteiger partial charge on any atom is 0.312 e. The molecular weight excluding hydrogens is 220 g/mol. The van der Waals surface area contributed by atoms with Crippen LogP contribution in [0.5, 0.6) is 0 Å². The van der Waals surface area contributed by atoms with Gasteiger partial charge in [-0.15, -0.1) is 0 Å². The van der Waals surface area contributed by atoms with E-state index >= 15 is 0 Å². The fourth-order valence-electron chi connectivity index (χ4n) is 2.90. The van der Waals surface area contributed by atoms with Crippen molar-refractivity contribution in [3.8, 4) is 0 Å². The second-order valence-corrected chi connectivity index (χ2v) is 5.77. The van der Waals surface area contributed by atoms with Gasteiger partial charge in [-0.2, -0.15) is 0 Å². The maximum absolute atomic E-state index is 12.0. The molecule has 98 valence electrons. The van der Waals surface area contributed by atoms with Crippen LogP contribution in [-0.2, 0) is 19.1 Å². The summed E-state index contributed by atoms with van der Waals surface area (Å²) in [7, 11) is 2.77. The van der Waals surface area contributed by atoms with Gasteiger partial charge in [0.1, 0.15) is 0 Å². The largest absolute Gasteiger partial charge is 0.469 e. The molecule has 0 aliphatic heterocycles. The summed E-state index contributed by atoms with van der Waals surface area (Å²) in [5.74, 6) is -0.509. The van der Waals surface area contributed by atoms with Gasteiger partial charge < -0.3 is 9.47 Å². The van der Waals surface area contributed by atoms with Gasteiger partial charge in [-0.05, 0) is 32.1 Å². The molecular formula is C13H22O4. The minimum absolute atomic E-state index is 0.255. The average molecular weight is 242 g/mol. The first kappa shape index (κ1) is 14.0. The highest BCUT2D eigenvalue weighted by molar-refractivity contribution is 5.84. The quantitative estimate of drug-likeness (QED) is 0.696. The molecule has 0 spiro atoms. The molecule has 0 heterocycles. The van der Waals surface area contributed by atoms with Gasteiger partial charge in [0, 0.05) is 0 Å². The number of ether oxygens (including phenoxy) is 2. The lowest BCUT2D eigenvalue weighted by atomic mass is 9.59. The van der Waals surface area contributed by atoms with Crippen molar-refractivity contribution < 1.29 is 19.1 Å². The molecule has 0 aromatic carbocycles. The topological polar surface area (TPSA) is 52.6 Å². The van der Waals surface area contributed by atoms with Crippen LogP contribution in [0.25, 0.3) is 0 Å². The van der Waals surface area contributed by atoms with Gasteiger partial charge in [0.2, 0.25) is 0 Å². The van der Waals surface area contributed by atoms with Gasteiger partial charge >= 0.3 is 11.9 Å². The van der Waals surface area contributed by atoms with Gasteiger partial charge in [0.15, 0.2) is 0 Å². The van der Waals surface area contributed by atoms with Crippen LogP contribution in [0.2, 0.25) is 0 Å². The summed E-state index contributed by atoms with van der Waals surface area (Å²) in [6.07, 6.45) is 1.27. The van der Waals surface area contributed by atoms with E-state index in [1.807, 2.05) is 27.7 Å². The Labute approximate surface area is 103 Å². The molecule has 1 rings (SSSR count). The lowest BCUT2D eigenvalue weighted by molar-refractivity contribution is -0.169. The Morgan fingerprint density at radius 1 is 0.824 bits per heavy atom. The van der Waals surface area contributed by atoms with E-state index in [-0.39, 0.29) is 11.9 Å². The number of methoxy groups -OCH3 is 2. The van der Waals surface area contributed by atoms with E-state index in [0.717, 1.165) is 0 Å². The van der Waals surface area contributed by atoms with Gasteiger partial charge in [-0.25, -0.2) is 0 Å². The van der Waals surface area contributed by atoms with Crippen molar-refractivity contribution in [2.75, 3.05) is 14.2 Å². The molecule has 0 bridgehead atoms. The Morgan fingerprint density at radius 3 is 1.35 bits per heavy atom. The zero-order chi connectivity index (χ0) is 13.5. The van der Waals surface area contributed by atoms with Crippen molar-refractivity contribution in [1.29, 1.82) is 0 Å². The molecule has 17 heavy (non-hydrogen) atoms. The molecule has 1 aliphatic carbocycles. The fourth-order valence-corrected chi connectivity index (χ4v) is 2.90. The van der Waals surface area contributed by atoms with Crippen LogP contribution in [0, 0.1) is 16.2 Å². The number of hydrogen-bond donors (Lipinski definition) is 0. The minimum atomic E-state index is -0.648. The summed E-state index contributed by atoms with van der Waals surface area (Å²) >= 11 is 0. The Kier molecular flexibility index (Phi) is 3.29. The Bertz CT molecular complexity index is 315. The number of carbonyl (C=O) groups is 2. The summed E-state index contributed by atoms with van der Waals surface area (Å²) in [6, 6.07) is 0. The second-order valence-electron chi connectivity index (χ2n) is 5.77. The van der Waals surface area contributed by atoms with Gasteiger partial charge in [0.05, 0.1) is 25.0 Å². The maximum atomic E-state index is 12.0. The monoisotopic (exact) mass is 242 g/mol. The minimum Gasteiger partial charge on any atom is -0.469 e. The Balaban J connectivity index is 3.22. The fraction of sp³-hybridized carbons (Fsp3) is 0.846. The molecule has 0 unspecified atom stereocenters. The van der Waals surface area contributed by atoms with E-state index < -0.39 is 16.2 Å². The van der Waals surface area contributed by atoms with E-state index in [2.05, 4.69) is 0 Å². The van der Waals surface area contributed by atoms with E-state index in [4.69, 9.17) is 9.47 Å². The number of rotatable bonds is 2. The van der Waals surface area contributed by atoms with Gasteiger partial charge in [-0.1, -0.05) is 13.8 Å². The number of hydrogen-bond acceptors (Lipinski definition) is 4. The lowest BCUT2D eigenvalue weighted by Gasteiger charge is -2.43. The van der Waals surface area contributed by atoms with E-state index in [1.54, 1.807) is 0 Å². The third-order valence-corrected chi connectivity index (χ3v) is 5.16. The summed E-state index contributed by atoms with van der Waals surface area (Å²) in [5.41, 5.74) is -1.80. The number of esters is 2. The van der Waals surface area contributed by atoms with Crippen molar-refractivity contribution in [2.24, 2.45) is 16.2 Å². The molecule has 0 saturated heterocycles. The Hall–Kier alpha value is -1.06. The molecule has 0 amide bonds. The summed E-state index contributed by atoms with van der Waals surface area (Å²) in [6.45, 7) is 7.61. The molecule has 0 N–H and O–H groups in total. The van der Waals surface area contributed by atoms with E-state index in [9.17, 15) is 9.59 Å².